The molecule has 3 aromatic rings. The molecule has 0 bridgehead atoms. The maximum atomic E-state index is 12.2. The summed E-state index contributed by atoms with van der Waals surface area (Å²) in [5.74, 6) is 0.857. The van der Waals surface area contributed by atoms with E-state index in [1.807, 2.05) is 17.5 Å². The summed E-state index contributed by atoms with van der Waals surface area (Å²) in [6.45, 7) is 3.25. The number of aryl methyl sites for hydroxylation is 1. The van der Waals surface area contributed by atoms with Gasteiger partial charge in [-0.1, -0.05) is 6.07 Å². The van der Waals surface area contributed by atoms with Gasteiger partial charge in [0, 0.05) is 18.3 Å². The Hall–Kier alpha value is -2.93. The highest BCUT2D eigenvalue weighted by Gasteiger charge is 2.15. The van der Waals surface area contributed by atoms with Crippen molar-refractivity contribution in [2.45, 2.75) is 20.3 Å². The molecule has 2 heterocycles. The molecule has 7 heteroatoms. The van der Waals surface area contributed by atoms with E-state index in [0.29, 0.717) is 28.7 Å². The van der Waals surface area contributed by atoms with E-state index in [1.165, 1.54) is 18.3 Å². The molecule has 3 rings (SSSR count). The van der Waals surface area contributed by atoms with Gasteiger partial charge in [0.2, 0.25) is 17.7 Å². The lowest BCUT2D eigenvalue weighted by molar-refractivity contribution is -0.116. The van der Waals surface area contributed by atoms with Crippen LogP contribution in [0.2, 0.25) is 0 Å². The Morgan fingerprint density at radius 3 is 2.40 bits per heavy atom. The van der Waals surface area contributed by atoms with Gasteiger partial charge < -0.3 is 15.1 Å². The molecular formula is C18H17N3O3S. The first-order valence-corrected chi connectivity index (χ1v) is 8.57. The van der Waals surface area contributed by atoms with Crippen molar-refractivity contribution in [2.24, 2.45) is 0 Å². The minimum atomic E-state index is -0.179. The summed E-state index contributed by atoms with van der Waals surface area (Å²) >= 11 is 1.54. The molecule has 1 aromatic carbocycles. The predicted octanol–water partition coefficient (Wildman–Crippen LogP) is 3.85. The number of nitrogens with one attached hydrogen (secondary N) is 2. The third kappa shape index (κ3) is 4.33. The minimum Gasteiger partial charge on any atom is -0.440 e. The normalized spacial score (nSPS) is 10.5. The second-order valence-electron chi connectivity index (χ2n) is 5.48. The van der Waals surface area contributed by atoms with Crippen LogP contribution in [0.5, 0.6) is 0 Å². The molecule has 2 N–H and O–H groups in total. The lowest BCUT2D eigenvalue weighted by atomic mass is 10.2. The van der Waals surface area contributed by atoms with E-state index in [4.69, 9.17) is 4.42 Å². The van der Waals surface area contributed by atoms with E-state index in [-0.39, 0.29) is 18.2 Å². The Morgan fingerprint density at radius 2 is 1.80 bits per heavy atom. The zero-order chi connectivity index (χ0) is 17.8. The van der Waals surface area contributed by atoms with Gasteiger partial charge in [0.25, 0.3) is 0 Å². The molecule has 2 amide bonds. The minimum absolute atomic E-state index is 0.133. The second kappa shape index (κ2) is 7.31. The molecule has 6 nitrogen and oxygen atoms in total. The number of benzene rings is 1. The highest BCUT2D eigenvalue weighted by molar-refractivity contribution is 7.13. The van der Waals surface area contributed by atoms with Crippen LogP contribution in [0.25, 0.3) is 10.8 Å². The highest BCUT2D eigenvalue weighted by atomic mass is 32.1. The Balaban J connectivity index is 1.64. The van der Waals surface area contributed by atoms with Crippen molar-refractivity contribution in [3.05, 3.63) is 53.2 Å². The van der Waals surface area contributed by atoms with Crippen LogP contribution in [-0.2, 0) is 16.0 Å². The van der Waals surface area contributed by atoms with E-state index in [9.17, 15) is 9.59 Å². The van der Waals surface area contributed by atoms with Crippen molar-refractivity contribution in [3.8, 4) is 10.8 Å². The molecule has 25 heavy (non-hydrogen) atoms. The molecule has 0 aliphatic heterocycles. The number of carbonyl (C=O) groups is 2. The van der Waals surface area contributed by atoms with Gasteiger partial charge in [0.1, 0.15) is 5.76 Å². The summed E-state index contributed by atoms with van der Waals surface area (Å²) < 4.78 is 5.64. The quantitative estimate of drug-likeness (QED) is 0.728. The summed E-state index contributed by atoms with van der Waals surface area (Å²) in [5, 5.41) is 7.44. The number of amides is 2. The first kappa shape index (κ1) is 16.9. The van der Waals surface area contributed by atoms with Gasteiger partial charge in [-0.25, -0.2) is 4.98 Å². The monoisotopic (exact) mass is 355 g/mol. The van der Waals surface area contributed by atoms with Crippen molar-refractivity contribution in [3.63, 3.8) is 0 Å². The first-order valence-electron chi connectivity index (χ1n) is 7.69. The van der Waals surface area contributed by atoms with E-state index < -0.39 is 0 Å². The molecule has 0 spiro atoms. The Kier molecular flexibility index (Phi) is 4.95. The van der Waals surface area contributed by atoms with Crippen LogP contribution >= 0.6 is 11.3 Å². The average Bonchev–Trinajstić information content (AvgIpc) is 3.19. The molecule has 0 radical (unpaired) electrons. The highest BCUT2D eigenvalue weighted by Crippen LogP contribution is 2.26. The summed E-state index contributed by atoms with van der Waals surface area (Å²) in [5.41, 5.74) is 1.95. The smallest absolute Gasteiger partial charge is 0.236 e. The van der Waals surface area contributed by atoms with Gasteiger partial charge in [-0.3, -0.25) is 9.59 Å². The number of anilines is 2. The van der Waals surface area contributed by atoms with E-state index in [0.717, 1.165) is 4.88 Å². The fraction of sp³-hybridized carbons (Fsp3) is 0.167. The van der Waals surface area contributed by atoms with Crippen molar-refractivity contribution < 1.29 is 14.0 Å². The largest absolute Gasteiger partial charge is 0.440 e. The van der Waals surface area contributed by atoms with Crippen LogP contribution in [0.4, 0.5) is 11.4 Å². The summed E-state index contributed by atoms with van der Waals surface area (Å²) in [7, 11) is 0. The van der Waals surface area contributed by atoms with Crippen LogP contribution in [0.1, 0.15) is 18.4 Å². The van der Waals surface area contributed by atoms with Crippen molar-refractivity contribution in [1.82, 2.24) is 4.98 Å². The summed E-state index contributed by atoms with van der Waals surface area (Å²) in [6, 6.07) is 10.8. The van der Waals surface area contributed by atoms with Gasteiger partial charge >= 0.3 is 0 Å². The van der Waals surface area contributed by atoms with Gasteiger partial charge in [0.05, 0.1) is 17.0 Å². The SMILES string of the molecule is CC(=O)Nc1ccc(NC(=O)Cc2nc(-c3cccs3)oc2C)cc1. The van der Waals surface area contributed by atoms with Crippen molar-refractivity contribution >= 4 is 34.5 Å². The second-order valence-corrected chi connectivity index (χ2v) is 6.43. The lowest BCUT2D eigenvalue weighted by Crippen LogP contribution is -2.15. The molecular weight excluding hydrogens is 338 g/mol. The van der Waals surface area contributed by atoms with E-state index in [1.54, 1.807) is 31.2 Å². The maximum Gasteiger partial charge on any atom is 0.236 e. The van der Waals surface area contributed by atoms with Gasteiger partial charge in [-0.15, -0.1) is 11.3 Å². The van der Waals surface area contributed by atoms with E-state index in [2.05, 4.69) is 15.6 Å². The average molecular weight is 355 g/mol. The number of carbonyl (C=O) groups excluding carboxylic acids is 2. The Bertz CT molecular complexity index is 883. The molecule has 0 saturated carbocycles. The third-order valence-electron chi connectivity index (χ3n) is 3.44. The number of hydrogen-bond acceptors (Lipinski definition) is 5. The number of oxazole rings is 1. The predicted molar refractivity (Wildman–Crippen MR) is 97.6 cm³/mol. The van der Waals surface area contributed by atoms with E-state index >= 15 is 0 Å². The molecule has 0 aliphatic carbocycles. The van der Waals surface area contributed by atoms with Gasteiger partial charge in [-0.2, -0.15) is 0 Å². The lowest BCUT2D eigenvalue weighted by Gasteiger charge is -2.06. The number of aromatic nitrogens is 1. The standard InChI is InChI=1S/C18H17N3O3S/c1-11-15(21-18(24-11)16-4-3-9-25-16)10-17(23)20-14-7-5-13(6-8-14)19-12(2)22/h3-9H,10H2,1-2H3,(H,19,22)(H,20,23). The molecule has 0 saturated heterocycles. The number of hydrogen-bond donors (Lipinski definition) is 2. The Labute approximate surface area is 148 Å². The van der Waals surface area contributed by atoms with Crippen LogP contribution in [0.15, 0.2) is 46.2 Å². The number of rotatable bonds is 5. The number of thiophene rings is 1. The molecule has 128 valence electrons. The van der Waals surface area contributed by atoms with Crippen LogP contribution in [0, 0.1) is 6.92 Å². The fourth-order valence-electron chi connectivity index (χ4n) is 2.30. The summed E-state index contributed by atoms with van der Waals surface area (Å²) in [4.78, 5) is 28.6. The topological polar surface area (TPSA) is 84.2 Å². The van der Waals surface area contributed by atoms with Crippen LogP contribution in [-0.4, -0.2) is 16.8 Å². The van der Waals surface area contributed by atoms with Crippen LogP contribution in [0.3, 0.4) is 0 Å². The van der Waals surface area contributed by atoms with Crippen molar-refractivity contribution in [2.75, 3.05) is 10.6 Å². The Morgan fingerprint density at radius 1 is 1.12 bits per heavy atom. The maximum absolute atomic E-state index is 12.2. The van der Waals surface area contributed by atoms with Gasteiger partial charge in [-0.05, 0) is 42.6 Å². The molecule has 0 fully saturated rings. The van der Waals surface area contributed by atoms with Gasteiger partial charge in [0.15, 0.2) is 0 Å². The first-order chi connectivity index (χ1) is 12.0. The summed E-state index contributed by atoms with van der Waals surface area (Å²) in [6.07, 6.45) is 0.133. The third-order valence-corrected chi connectivity index (χ3v) is 4.30. The molecule has 0 aliphatic rings. The number of nitrogens with zero attached hydrogens (tertiary/aromatic N) is 1. The fourth-order valence-corrected chi connectivity index (χ4v) is 2.94. The van der Waals surface area contributed by atoms with Crippen LogP contribution < -0.4 is 10.6 Å². The zero-order valence-corrected chi connectivity index (χ0v) is 14.6. The molecule has 2 aromatic heterocycles. The van der Waals surface area contributed by atoms with Crippen molar-refractivity contribution in [1.29, 1.82) is 0 Å². The molecule has 0 atom stereocenters. The molecule has 0 unspecified atom stereocenters. The zero-order valence-electron chi connectivity index (χ0n) is 13.8.